The second-order valence-electron chi connectivity index (χ2n) is 5.54. The molecule has 110 valence electrons. The summed E-state index contributed by atoms with van der Waals surface area (Å²) in [6, 6.07) is 0. The van der Waals surface area contributed by atoms with Gasteiger partial charge in [-0.25, -0.2) is 0 Å². The average molecular weight is 486 g/mol. The summed E-state index contributed by atoms with van der Waals surface area (Å²) in [5, 5.41) is 0. The molecule has 0 aromatic heterocycles. The van der Waals surface area contributed by atoms with Crippen LogP contribution in [0.4, 0.5) is 0 Å². The summed E-state index contributed by atoms with van der Waals surface area (Å²) in [6.07, 6.45) is 3.52. The average Bonchev–Trinajstić information content (AvgIpc) is 2.30. The first-order valence-corrected chi connectivity index (χ1v) is 17.4. The van der Waals surface area contributed by atoms with E-state index in [1.54, 1.807) is 0 Å². The predicted octanol–water partition coefficient (Wildman–Crippen LogP) is 3.27. The molecule has 0 aromatic rings. The SMILES string of the molecule is COC(C[Te][Te]CC(CC(C)C)OC)CC(C)C. The Morgan fingerprint density at radius 1 is 0.722 bits per heavy atom. The first-order chi connectivity index (χ1) is 8.49. The van der Waals surface area contributed by atoms with Crippen molar-refractivity contribution in [3.8, 4) is 0 Å². The standard InChI is InChI=1S/C14H30O2Te2/c1-11(2)7-13(15-5)9-17-18-10-14(16-6)8-12(3)4/h11-14H,7-10H2,1-6H3. The normalized spacial score (nSPS) is 15.3. The summed E-state index contributed by atoms with van der Waals surface area (Å²) in [6.45, 7) is 9.14. The van der Waals surface area contributed by atoms with Crippen molar-refractivity contribution in [2.75, 3.05) is 14.2 Å². The van der Waals surface area contributed by atoms with E-state index in [0.717, 1.165) is 11.8 Å². The molecule has 2 nitrogen and oxygen atoms in total. The third kappa shape index (κ3) is 11.3. The Bertz CT molecular complexity index is 167. The second kappa shape index (κ2) is 12.3. The van der Waals surface area contributed by atoms with Crippen molar-refractivity contribution < 1.29 is 9.47 Å². The van der Waals surface area contributed by atoms with E-state index in [1.165, 1.54) is 21.8 Å². The Balaban J connectivity index is 3.68. The monoisotopic (exact) mass is 490 g/mol. The molecular formula is C14H30O2Te2. The summed E-state index contributed by atoms with van der Waals surface area (Å²) < 4.78 is 13.9. The summed E-state index contributed by atoms with van der Waals surface area (Å²) in [7, 11) is 3.74. The molecule has 0 N–H and O–H groups in total. The summed E-state index contributed by atoms with van der Waals surface area (Å²) in [5.41, 5.74) is 0. The van der Waals surface area contributed by atoms with Crippen LogP contribution in [0.3, 0.4) is 0 Å². The number of ether oxygens (including phenoxy) is 2. The van der Waals surface area contributed by atoms with Crippen LogP contribution in [-0.2, 0) is 9.47 Å². The number of rotatable bonds is 11. The minimum atomic E-state index is 0.228. The van der Waals surface area contributed by atoms with Crippen LogP contribution in [0.5, 0.6) is 0 Å². The zero-order valence-corrected chi connectivity index (χ0v) is 17.4. The Morgan fingerprint density at radius 2 is 1.06 bits per heavy atom. The van der Waals surface area contributed by atoms with Crippen molar-refractivity contribution in [2.45, 2.75) is 61.7 Å². The Labute approximate surface area is 130 Å². The van der Waals surface area contributed by atoms with Crippen LogP contribution >= 0.6 is 0 Å². The van der Waals surface area contributed by atoms with Gasteiger partial charge in [-0.15, -0.1) is 0 Å². The molecule has 0 saturated carbocycles. The van der Waals surface area contributed by atoms with Crippen LogP contribution in [0, 0.1) is 11.8 Å². The van der Waals surface area contributed by atoms with Gasteiger partial charge in [0.15, 0.2) is 0 Å². The van der Waals surface area contributed by atoms with Gasteiger partial charge in [-0.1, -0.05) is 0 Å². The van der Waals surface area contributed by atoms with Crippen molar-refractivity contribution >= 4 is 34.1 Å². The topological polar surface area (TPSA) is 18.5 Å². The van der Waals surface area contributed by atoms with E-state index >= 15 is 0 Å². The predicted molar refractivity (Wildman–Crippen MR) is 81.6 cm³/mol. The maximum absolute atomic E-state index is 5.58. The molecule has 0 bridgehead atoms. The molecule has 2 atom stereocenters. The van der Waals surface area contributed by atoms with Gasteiger partial charge in [0.1, 0.15) is 0 Å². The van der Waals surface area contributed by atoms with E-state index in [-0.39, 0.29) is 34.1 Å². The van der Waals surface area contributed by atoms with E-state index < -0.39 is 0 Å². The first kappa shape index (κ1) is 19.5. The van der Waals surface area contributed by atoms with Gasteiger partial charge in [0.05, 0.1) is 0 Å². The molecular weight excluding hydrogens is 455 g/mol. The molecule has 2 unspecified atom stereocenters. The molecule has 0 fully saturated rings. The molecule has 0 radical (unpaired) electrons. The van der Waals surface area contributed by atoms with Crippen LogP contribution in [0.25, 0.3) is 0 Å². The third-order valence-electron chi connectivity index (χ3n) is 2.73. The van der Waals surface area contributed by atoms with Crippen LogP contribution in [0.2, 0.25) is 8.94 Å². The molecule has 0 aromatic carbocycles. The number of methoxy groups -OCH3 is 2. The molecule has 0 aliphatic heterocycles. The quantitative estimate of drug-likeness (QED) is 0.331. The van der Waals surface area contributed by atoms with E-state index in [1.807, 2.05) is 14.2 Å². The molecule has 0 saturated heterocycles. The Kier molecular flexibility index (Phi) is 13.3. The van der Waals surface area contributed by atoms with Gasteiger partial charge in [0.25, 0.3) is 0 Å². The first-order valence-electron chi connectivity index (χ1n) is 6.79. The number of hydrogen-bond acceptors (Lipinski definition) is 2. The van der Waals surface area contributed by atoms with Gasteiger partial charge in [-0.3, -0.25) is 0 Å². The Hall–Kier alpha value is 1.50. The van der Waals surface area contributed by atoms with E-state index in [4.69, 9.17) is 9.47 Å². The van der Waals surface area contributed by atoms with Crippen LogP contribution in [0.15, 0.2) is 0 Å². The van der Waals surface area contributed by atoms with Crippen molar-refractivity contribution in [1.29, 1.82) is 0 Å². The fraction of sp³-hybridized carbons (Fsp3) is 1.00. The molecule has 0 rings (SSSR count). The second-order valence-corrected chi connectivity index (χ2v) is 17.8. The van der Waals surface area contributed by atoms with E-state index in [2.05, 4.69) is 27.7 Å². The Morgan fingerprint density at radius 3 is 1.28 bits per heavy atom. The van der Waals surface area contributed by atoms with E-state index in [9.17, 15) is 0 Å². The minimum absolute atomic E-state index is 0.228. The number of hydrogen-bond donors (Lipinski definition) is 0. The molecule has 0 heterocycles. The van der Waals surface area contributed by atoms with Gasteiger partial charge in [0.2, 0.25) is 0 Å². The van der Waals surface area contributed by atoms with Crippen LogP contribution < -0.4 is 0 Å². The molecule has 0 aliphatic rings. The van der Waals surface area contributed by atoms with Gasteiger partial charge >= 0.3 is 131 Å². The van der Waals surface area contributed by atoms with Crippen molar-refractivity contribution in [3.63, 3.8) is 0 Å². The van der Waals surface area contributed by atoms with Gasteiger partial charge in [-0.2, -0.15) is 0 Å². The fourth-order valence-corrected chi connectivity index (χ4v) is 14.2. The van der Waals surface area contributed by atoms with Crippen molar-refractivity contribution in [1.82, 2.24) is 0 Å². The van der Waals surface area contributed by atoms with Crippen LogP contribution in [0.1, 0.15) is 40.5 Å². The molecule has 4 heteroatoms. The third-order valence-corrected chi connectivity index (χ3v) is 14.5. The molecule has 0 amide bonds. The maximum atomic E-state index is 5.58. The van der Waals surface area contributed by atoms with Gasteiger partial charge in [0, 0.05) is 0 Å². The molecule has 18 heavy (non-hydrogen) atoms. The van der Waals surface area contributed by atoms with Crippen molar-refractivity contribution in [2.24, 2.45) is 11.8 Å². The summed E-state index contributed by atoms with van der Waals surface area (Å²) in [5.74, 6) is 1.52. The molecule has 0 aliphatic carbocycles. The zero-order valence-electron chi connectivity index (χ0n) is 12.8. The van der Waals surface area contributed by atoms with Crippen molar-refractivity contribution in [3.05, 3.63) is 0 Å². The molecule has 0 spiro atoms. The van der Waals surface area contributed by atoms with Gasteiger partial charge < -0.3 is 0 Å². The van der Waals surface area contributed by atoms with Gasteiger partial charge in [-0.05, 0) is 0 Å². The zero-order chi connectivity index (χ0) is 14.0. The van der Waals surface area contributed by atoms with Crippen LogP contribution in [-0.4, -0.2) is 60.5 Å². The fourth-order valence-electron chi connectivity index (χ4n) is 1.76. The summed E-state index contributed by atoms with van der Waals surface area (Å²) in [4.78, 5) is 0. The van der Waals surface area contributed by atoms with E-state index in [0.29, 0.717) is 12.2 Å². The summed E-state index contributed by atoms with van der Waals surface area (Å²) >= 11 is 0.456.